The summed E-state index contributed by atoms with van der Waals surface area (Å²) in [4.78, 5) is 27.3. The first-order valence-corrected chi connectivity index (χ1v) is 8.05. The molecule has 0 saturated heterocycles. The van der Waals surface area contributed by atoms with Crippen molar-refractivity contribution in [1.82, 2.24) is 4.98 Å². The van der Waals surface area contributed by atoms with E-state index in [2.05, 4.69) is 4.98 Å². The van der Waals surface area contributed by atoms with Gasteiger partial charge >= 0.3 is 11.9 Å². The highest BCUT2D eigenvalue weighted by Crippen LogP contribution is 2.34. The molecule has 5 nitrogen and oxygen atoms in total. The minimum atomic E-state index is -0.388. The molecule has 23 heavy (non-hydrogen) atoms. The third-order valence-corrected chi connectivity index (χ3v) is 3.85. The van der Waals surface area contributed by atoms with Gasteiger partial charge in [-0.1, -0.05) is 25.1 Å². The Morgan fingerprint density at radius 2 is 1.78 bits per heavy atom. The van der Waals surface area contributed by atoms with E-state index in [4.69, 9.17) is 9.47 Å². The quantitative estimate of drug-likeness (QED) is 0.789. The lowest BCUT2D eigenvalue weighted by atomic mass is 9.90. The Morgan fingerprint density at radius 1 is 1.09 bits per heavy atom. The van der Waals surface area contributed by atoms with Gasteiger partial charge in [0.05, 0.1) is 19.6 Å². The van der Waals surface area contributed by atoms with Crippen LogP contribution in [0, 0.1) is 0 Å². The van der Waals surface area contributed by atoms with E-state index >= 15 is 0 Å². The summed E-state index contributed by atoms with van der Waals surface area (Å²) in [5.41, 5.74) is 2.15. The Hall–Kier alpha value is -2.30. The molecule has 0 aliphatic rings. The SMILES string of the molecule is CCOC(=O)CC(CC)c1c(C(=O)OCC)[nH]c2ccccc12. The van der Waals surface area contributed by atoms with E-state index in [0.717, 1.165) is 22.9 Å². The summed E-state index contributed by atoms with van der Waals surface area (Å²) in [6.45, 7) is 6.22. The van der Waals surface area contributed by atoms with E-state index in [9.17, 15) is 9.59 Å². The summed E-state index contributed by atoms with van der Waals surface area (Å²) < 4.78 is 10.2. The number of aromatic nitrogens is 1. The number of carbonyl (C=O) groups excluding carboxylic acids is 2. The number of rotatable bonds is 7. The van der Waals surface area contributed by atoms with E-state index in [1.54, 1.807) is 13.8 Å². The van der Waals surface area contributed by atoms with Gasteiger partial charge < -0.3 is 14.5 Å². The number of H-pyrrole nitrogens is 1. The summed E-state index contributed by atoms with van der Waals surface area (Å²) in [6, 6.07) is 7.70. The number of esters is 2. The summed E-state index contributed by atoms with van der Waals surface area (Å²) in [5.74, 6) is -0.731. The van der Waals surface area contributed by atoms with Crippen LogP contribution in [0.5, 0.6) is 0 Å². The van der Waals surface area contributed by atoms with E-state index in [0.29, 0.717) is 18.9 Å². The number of nitrogens with one attached hydrogen (secondary N) is 1. The van der Waals surface area contributed by atoms with Crippen molar-refractivity contribution in [3.8, 4) is 0 Å². The second kappa shape index (κ2) is 7.81. The number of fused-ring (bicyclic) bond motifs is 1. The molecule has 1 aromatic heterocycles. The van der Waals surface area contributed by atoms with Crippen LogP contribution in [0.2, 0.25) is 0 Å². The number of ether oxygens (including phenoxy) is 2. The summed E-state index contributed by atoms with van der Waals surface area (Å²) in [5, 5.41) is 0.951. The standard InChI is InChI=1S/C18H23NO4/c1-4-12(11-15(20)22-5-2)16-13-9-7-8-10-14(13)19-17(16)18(21)23-6-3/h7-10,12,19H,4-6,11H2,1-3H3. The zero-order chi connectivity index (χ0) is 16.8. The lowest BCUT2D eigenvalue weighted by Crippen LogP contribution is -2.14. The monoisotopic (exact) mass is 317 g/mol. The van der Waals surface area contributed by atoms with Gasteiger partial charge in [-0.25, -0.2) is 4.79 Å². The summed E-state index contributed by atoms with van der Waals surface area (Å²) in [6.07, 6.45) is 0.978. The molecule has 1 heterocycles. The van der Waals surface area contributed by atoms with Gasteiger partial charge in [0.2, 0.25) is 0 Å². The number of carbonyl (C=O) groups is 2. The van der Waals surface area contributed by atoms with E-state index in [1.807, 2.05) is 31.2 Å². The maximum atomic E-state index is 12.3. The molecule has 5 heteroatoms. The predicted molar refractivity (Wildman–Crippen MR) is 88.5 cm³/mol. The lowest BCUT2D eigenvalue weighted by Gasteiger charge is -2.15. The van der Waals surface area contributed by atoms with Gasteiger partial charge in [0.1, 0.15) is 5.69 Å². The minimum Gasteiger partial charge on any atom is -0.466 e. The zero-order valence-corrected chi connectivity index (χ0v) is 13.8. The molecule has 1 aromatic carbocycles. The zero-order valence-electron chi connectivity index (χ0n) is 13.8. The van der Waals surface area contributed by atoms with Crippen molar-refractivity contribution in [2.75, 3.05) is 13.2 Å². The van der Waals surface area contributed by atoms with Crippen LogP contribution in [0.4, 0.5) is 0 Å². The van der Waals surface area contributed by atoms with Crippen molar-refractivity contribution in [2.24, 2.45) is 0 Å². The first kappa shape index (κ1) is 17.1. The highest BCUT2D eigenvalue weighted by molar-refractivity contribution is 5.99. The van der Waals surface area contributed by atoms with Gasteiger partial charge in [0.25, 0.3) is 0 Å². The highest BCUT2D eigenvalue weighted by Gasteiger charge is 2.26. The van der Waals surface area contributed by atoms with Crippen molar-refractivity contribution in [2.45, 2.75) is 39.5 Å². The van der Waals surface area contributed by atoms with Crippen molar-refractivity contribution >= 4 is 22.8 Å². The molecule has 0 aliphatic carbocycles. The molecule has 0 amide bonds. The smallest absolute Gasteiger partial charge is 0.355 e. The van der Waals surface area contributed by atoms with Crippen LogP contribution in [0.1, 0.15) is 55.6 Å². The predicted octanol–water partition coefficient (Wildman–Crippen LogP) is 3.79. The maximum Gasteiger partial charge on any atom is 0.355 e. The van der Waals surface area contributed by atoms with Crippen LogP contribution in [-0.2, 0) is 14.3 Å². The third kappa shape index (κ3) is 3.73. The third-order valence-electron chi connectivity index (χ3n) is 3.85. The molecule has 0 bridgehead atoms. The van der Waals surface area contributed by atoms with Crippen molar-refractivity contribution in [3.63, 3.8) is 0 Å². The fourth-order valence-electron chi connectivity index (χ4n) is 2.82. The van der Waals surface area contributed by atoms with Crippen LogP contribution in [-0.4, -0.2) is 30.1 Å². The lowest BCUT2D eigenvalue weighted by molar-refractivity contribution is -0.143. The molecule has 0 saturated carbocycles. The molecule has 1 N–H and O–H groups in total. The molecule has 0 spiro atoms. The van der Waals surface area contributed by atoms with Crippen molar-refractivity contribution in [1.29, 1.82) is 0 Å². The number of hydrogen-bond donors (Lipinski definition) is 1. The fourth-order valence-corrected chi connectivity index (χ4v) is 2.82. The molecule has 2 aromatic rings. The van der Waals surface area contributed by atoms with E-state index in [-0.39, 0.29) is 24.3 Å². The normalized spacial score (nSPS) is 12.1. The molecule has 0 aliphatic heterocycles. The topological polar surface area (TPSA) is 68.4 Å². The largest absolute Gasteiger partial charge is 0.466 e. The summed E-state index contributed by atoms with van der Waals surface area (Å²) >= 11 is 0. The Bertz CT molecular complexity index is 689. The average molecular weight is 317 g/mol. The van der Waals surface area contributed by atoms with Crippen LogP contribution in [0.3, 0.4) is 0 Å². The average Bonchev–Trinajstić information content (AvgIpc) is 2.92. The molecular formula is C18H23NO4. The van der Waals surface area contributed by atoms with Crippen LogP contribution < -0.4 is 0 Å². The van der Waals surface area contributed by atoms with Crippen LogP contribution in [0.15, 0.2) is 24.3 Å². The molecular weight excluding hydrogens is 294 g/mol. The van der Waals surface area contributed by atoms with Gasteiger partial charge in [-0.2, -0.15) is 0 Å². The number of benzene rings is 1. The minimum absolute atomic E-state index is 0.0930. The van der Waals surface area contributed by atoms with Crippen molar-refractivity contribution in [3.05, 3.63) is 35.5 Å². The van der Waals surface area contributed by atoms with Crippen molar-refractivity contribution < 1.29 is 19.1 Å². The van der Waals surface area contributed by atoms with Gasteiger partial charge in [-0.05, 0) is 37.8 Å². The second-order valence-corrected chi connectivity index (χ2v) is 5.29. The first-order valence-electron chi connectivity index (χ1n) is 8.05. The Kier molecular flexibility index (Phi) is 5.79. The highest BCUT2D eigenvalue weighted by atomic mass is 16.5. The van der Waals surface area contributed by atoms with Gasteiger partial charge in [-0.3, -0.25) is 4.79 Å². The van der Waals surface area contributed by atoms with Gasteiger partial charge in [-0.15, -0.1) is 0 Å². The molecule has 0 fully saturated rings. The van der Waals surface area contributed by atoms with Gasteiger partial charge in [0, 0.05) is 10.9 Å². The first-order chi connectivity index (χ1) is 11.1. The Labute approximate surface area is 136 Å². The molecule has 124 valence electrons. The van der Waals surface area contributed by atoms with E-state index in [1.165, 1.54) is 0 Å². The Balaban J connectivity index is 2.48. The fraction of sp³-hybridized carbons (Fsp3) is 0.444. The van der Waals surface area contributed by atoms with Crippen LogP contribution >= 0.6 is 0 Å². The van der Waals surface area contributed by atoms with Gasteiger partial charge in [0.15, 0.2) is 0 Å². The number of aromatic amines is 1. The summed E-state index contributed by atoms with van der Waals surface area (Å²) in [7, 11) is 0. The molecule has 1 atom stereocenters. The Morgan fingerprint density at radius 3 is 2.43 bits per heavy atom. The molecule has 0 radical (unpaired) electrons. The number of hydrogen-bond acceptors (Lipinski definition) is 4. The van der Waals surface area contributed by atoms with E-state index < -0.39 is 0 Å². The molecule has 2 rings (SSSR count). The second-order valence-electron chi connectivity index (χ2n) is 5.29. The number of para-hydroxylation sites is 1. The molecule has 1 unspecified atom stereocenters. The van der Waals surface area contributed by atoms with Crippen LogP contribution in [0.25, 0.3) is 10.9 Å². The maximum absolute atomic E-state index is 12.3.